The fourth-order valence-corrected chi connectivity index (χ4v) is 3.27. The van der Waals surface area contributed by atoms with Crippen molar-refractivity contribution in [1.82, 2.24) is 15.2 Å². The second-order valence-electron chi connectivity index (χ2n) is 6.78. The third-order valence-electron chi connectivity index (χ3n) is 4.79. The molecular weight excluding hydrogens is 376 g/mol. The monoisotopic (exact) mass is 398 g/mol. The van der Waals surface area contributed by atoms with Crippen LogP contribution in [0.1, 0.15) is 12.0 Å². The van der Waals surface area contributed by atoms with Crippen molar-refractivity contribution >= 4 is 11.6 Å². The summed E-state index contributed by atoms with van der Waals surface area (Å²) in [6.45, 7) is 0. The van der Waals surface area contributed by atoms with Crippen molar-refractivity contribution in [3.63, 3.8) is 0 Å². The van der Waals surface area contributed by atoms with E-state index in [1.54, 1.807) is 7.11 Å². The van der Waals surface area contributed by atoms with Gasteiger partial charge in [0, 0.05) is 17.5 Å². The van der Waals surface area contributed by atoms with Crippen LogP contribution in [0.25, 0.3) is 22.8 Å². The number of amides is 1. The van der Waals surface area contributed by atoms with Gasteiger partial charge in [-0.05, 0) is 30.2 Å². The molecule has 6 heteroatoms. The van der Waals surface area contributed by atoms with Crippen molar-refractivity contribution in [1.29, 1.82) is 0 Å². The summed E-state index contributed by atoms with van der Waals surface area (Å²) in [5.41, 5.74) is 3.42. The molecule has 0 aliphatic heterocycles. The van der Waals surface area contributed by atoms with Crippen molar-refractivity contribution < 1.29 is 9.53 Å². The lowest BCUT2D eigenvalue weighted by Crippen LogP contribution is -2.13. The van der Waals surface area contributed by atoms with Crippen LogP contribution in [0.4, 0.5) is 5.69 Å². The highest BCUT2D eigenvalue weighted by Crippen LogP contribution is 2.27. The number of nitrogens with one attached hydrogen (secondary N) is 2. The molecule has 2 N–H and O–H groups in total. The van der Waals surface area contributed by atoms with Crippen LogP contribution >= 0.6 is 0 Å². The molecular formula is C24H22N4O2. The van der Waals surface area contributed by atoms with Gasteiger partial charge in [-0.2, -0.15) is 5.10 Å². The van der Waals surface area contributed by atoms with Gasteiger partial charge in [0.2, 0.25) is 5.91 Å². The molecule has 0 bridgehead atoms. The summed E-state index contributed by atoms with van der Waals surface area (Å²) in [6.07, 6.45) is 0.943. The first-order chi connectivity index (χ1) is 14.7. The number of nitrogens with zero attached hydrogens (tertiary/aromatic N) is 2. The van der Waals surface area contributed by atoms with E-state index in [9.17, 15) is 4.79 Å². The van der Waals surface area contributed by atoms with Crippen molar-refractivity contribution in [2.75, 3.05) is 12.4 Å². The van der Waals surface area contributed by atoms with Crippen LogP contribution in [0.3, 0.4) is 0 Å². The lowest BCUT2D eigenvalue weighted by Gasteiger charge is -2.10. The molecule has 1 heterocycles. The number of anilines is 1. The molecule has 0 spiro atoms. The van der Waals surface area contributed by atoms with E-state index in [0.717, 1.165) is 22.4 Å². The van der Waals surface area contributed by atoms with Gasteiger partial charge in [0.05, 0.1) is 12.8 Å². The molecule has 0 aliphatic carbocycles. The van der Waals surface area contributed by atoms with E-state index in [0.29, 0.717) is 30.2 Å². The van der Waals surface area contributed by atoms with Crippen LogP contribution in [0.15, 0.2) is 78.9 Å². The number of benzene rings is 3. The van der Waals surface area contributed by atoms with Crippen LogP contribution in [-0.2, 0) is 11.2 Å². The Bertz CT molecular complexity index is 1140. The molecule has 0 fully saturated rings. The zero-order chi connectivity index (χ0) is 20.8. The Hall–Kier alpha value is -3.93. The first-order valence-electron chi connectivity index (χ1n) is 9.73. The van der Waals surface area contributed by atoms with Gasteiger partial charge in [-0.15, -0.1) is 0 Å². The average Bonchev–Trinajstić information content (AvgIpc) is 3.29. The zero-order valence-electron chi connectivity index (χ0n) is 16.6. The molecule has 0 radical (unpaired) electrons. The summed E-state index contributed by atoms with van der Waals surface area (Å²) in [7, 11) is 1.64. The van der Waals surface area contributed by atoms with Gasteiger partial charge < -0.3 is 10.1 Å². The zero-order valence-corrected chi connectivity index (χ0v) is 16.6. The number of aromatic nitrogens is 3. The molecule has 4 aromatic rings. The Kier molecular flexibility index (Phi) is 5.85. The fraction of sp³-hybridized carbons (Fsp3) is 0.125. The summed E-state index contributed by atoms with van der Waals surface area (Å²) in [6, 6.07) is 25.0. The van der Waals surface area contributed by atoms with E-state index in [1.165, 1.54) is 0 Å². The Balaban J connectivity index is 1.48. The number of rotatable bonds is 7. The highest BCUT2D eigenvalue weighted by atomic mass is 16.5. The molecule has 0 saturated carbocycles. The maximum atomic E-state index is 12.6. The Morgan fingerprint density at radius 3 is 2.53 bits per heavy atom. The quantitative estimate of drug-likeness (QED) is 0.472. The second kappa shape index (κ2) is 9.05. The maximum absolute atomic E-state index is 12.6. The summed E-state index contributed by atoms with van der Waals surface area (Å²) in [4.78, 5) is 17.2. The lowest BCUT2D eigenvalue weighted by molar-refractivity contribution is -0.116. The van der Waals surface area contributed by atoms with Crippen LogP contribution in [-0.4, -0.2) is 28.2 Å². The number of hydrogen-bond acceptors (Lipinski definition) is 4. The van der Waals surface area contributed by atoms with Gasteiger partial charge in [-0.1, -0.05) is 60.7 Å². The van der Waals surface area contributed by atoms with Gasteiger partial charge in [-0.25, -0.2) is 4.98 Å². The molecule has 0 atom stereocenters. The number of carbonyl (C=O) groups excluding carboxylic acids is 1. The number of methoxy groups -OCH3 is 1. The average molecular weight is 398 g/mol. The third-order valence-corrected chi connectivity index (χ3v) is 4.79. The smallest absolute Gasteiger partial charge is 0.224 e. The highest BCUT2D eigenvalue weighted by molar-refractivity contribution is 5.94. The standard InChI is InChI=1S/C24H22N4O2/c1-30-21-14-8-5-9-17(21)15-16-22(29)25-20-13-7-6-12-19(20)24-26-23(27-28-24)18-10-3-2-4-11-18/h2-14H,15-16H2,1H3,(H,25,29)(H,26,27,28). The predicted octanol–water partition coefficient (Wildman–Crippen LogP) is 4.72. The summed E-state index contributed by atoms with van der Waals surface area (Å²) in [5, 5.41) is 10.3. The largest absolute Gasteiger partial charge is 0.496 e. The molecule has 0 unspecified atom stereocenters. The number of carbonyl (C=O) groups is 1. The predicted molar refractivity (Wildman–Crippen MR) is 117 cm³/mol. The molecule has 0 saturated heterocycles. The number of para-hydroxylation sites is 2. The first kappa shape index (κ1) is 19.4. The first-order valence-corrected chi connectivity index (χ1v) is 9.73. The Morgan fingerprint density at radius 2 is 1.70 bits per heavy atom. The maximum Gasteiger partial charge on any atom is 0.224 e. The van der Waals surface area contributed by atoms with Gasteiger partial charge in [0.25, 0.3) is 0 Å². The molecule has 4 rings (SSSR count). The van der Waals surface area contributed by atoms with E-state index in [2.05, 4.69) is 20.5 Å². The van der Waals surface area contributed by atoms with E-state index < -0.39 is 0 Å². The van der Waals surface area contributed by atoms with E-state index >= 15 is 0 Å². The van der Waals surface area contributed by atoms with Crippen LogP contribution in [0, 0.1) is 0 Å². The normalized spacial score (nSPS) is 10.6. The van der Waals surface area contributed by atoms with Crippen molar-refractivity contribution in [2.24, 2.45) is 0 Å². The Morgan fingerprint density at radius 1 is 0.967 bits per heavy atom. The van der Waals surface area contributed by atoms with E-state index in [1.807, 2.05) is 78.9 Å². The number of H-pyrrole nitrogens is 1. The molecule has 30 heavy (non-hydrogen) atoms. The minimum absolute atomic E-state index is 0.0730. The lowest BCUT2D eigenvalue weighted by atomic mass is 10.1. The van der Waals surface area contributed by atoms with Crippen LogP contribution in [0.2, 0.25) is 0 Å². The summed E-state index contributed by atoms with van der Waals surface area (Å²) < 4.78 is 5.36. The molecule has 150 valence electrons. The van der Waals surface area contributed by atoms with Crippen molar-refractivity contribution in [3.8, 4) is 28.5 Å². The molecule has 6 nitrogen and oxygen atoms in total. The summed E-state index contributed by atoms with van der Waals surface area (Å²) in [5.74, 6) is 1.94. The summed E-state index contributed by atoms with van der Waals surface area (Å²) >= 11 is 0. The number of aromatic amines is 1. The fourth-order valence-electron chi connectivity index (χ4n) is 3.27. The van der Waals surface area contributed by atoms with Crippen molar-refractivity contribution in [3.05, 3.63) is 84.4 Å². The van der Waals surface area contributed by atoms with E-state index in [-0.39, 0.29) is 5.91 Å². The topological polar surface area (TPSA) is 79.9 Å². The number of aryl methyl sites for hydroxylation is 1. The minimum atomic E-state index is -0.0730. The van der Waals surface area contributed by atoms with Gasteiger partial charge in [-0.3, -0.25) is 9.89 Å². The Labute approximate surface area is 175 Å². The number of hydrogen-bond donors (Lipinski definition) is 2. The second-order valence-corrected chi connectivity index (χ2v) is 6.78. The minimum Gasteiger partial charge on any atom is -0.496 e. The van der Waals surface area contributed by atoms with Gasteiger partial charge >= 0.3 is 0 Å². The molecule has 3 aromatic carbocycles. The molecule has 1 aromatic heterocycles. The SMILES string of the molecule is COc1ccccc1CCC(=O)Nc1ccccc1-c1nc(-c2ccccc2)n[nH]1. The molecule has 0 aliphatic rings. The third kappa shape index (κ3) is 4.38. The van der Waals surface area contributed by atoms with Crippen LogP contribution in [0.5, 0.6) is 5.75 Å². The van der Waals surface area contributed by atoms with E-state index in [4.69, 9.17) is 4.74 Å². The van der Waals surface area contributed by atoms with Gasteiger partial charge in [0.1, 0.15) is 5.75 Å². The molecule has 1 amide bonds. The number of ether oxygens (including phenoxy) is 1. The van der Waals surface area contributed by atoms with Crippen LogP contribution < -0.4 is 10.1 Å². The highest BCUT2D eigenvalue weighted by Gasteiger charge is 2.13. The van der Waals surface area contributed by atoms with Crippen molar-refractivity contribution in [2.45, 2.75) is 12.8 Å². The van der Waals surface area contributed by atoms with Gasteiger partial charge in [0.15, 0.2) is 11.6 Å².